The van der Waals surface area contributed by atoms with E-state index in [-0.39, 0.29) is 12.6 Å². The number of amides is 1. The number of rotatable bonds is 9. The van der Waals surface area contributed by atoms with Gasteiger partial charge in [-0.25, -0.2) is 4.79 Å². The van der Waals surface area contributed by atoms with Gasteiger partial charge in [0.2, 0.25) is 0 Å². The van der Waals surface area contributed by atoms with Gasteiger partial charge in [0, 0.05) is 19.8 Å². The third-order valence-electron chi connectivity index (χ3n) is 4.48. The summed E-state index contributed by atoms with van der Waals surface area (Å²) in [6.07, 6.45) is -0.567. The fraction of sp³-hybridized carbons (Fsp3) is 0.364. The fourth-order valence-electron chi connectivity index (χ4n) is 3.00. The van der Waals surface area contributed by atoms with Crippen LogP contribution in [0.25, 0.3) is 16.8 Å². The van der Waals surface area contributed by atoms with Crippen molar-refractivity contribution in [2.45, 2.75) is 33.4 Å². The van der Waals surface area contributed by atoms with E-state index in [4.69, 9.17) is 14.2 Å². The van der Waals surface area contributed by atoms with Crippen LogP contribution in [0, 0.1) is 6.92 Å². The summed E-state index contributed by atoms with van der Waals surface area (Å²) in [5.74, 6) is 0.917. The number of hydrogen-bond acceptors (Lipinski definition) is 7. The monoisotopic (exact) mass is 425 g/mol. The Morgan fingerprint density at radius 2 is 1.94 bits per heavy atom. The summed E-state index contributed by atoms with van der Waals surface area (Å²) in [6.45, 7) is 6.96. The third-order valence-corrected chi connectivity index (χ3v) is 4.48. The van der Waals surface area contributed by atoms with Gasteiger partial charge < -0.3 is 19.5 Å². The number of benzene rings is 2. The van der Waals surface area contributed by atoms with Crippen molar-refractivity contribution in [1.82, 2.24) is 25.5 Å². The normalized spacial score (nSPS) is 11.9. The van der Waals surface area contributed by atoms with Gasteiger partial charge in [-0.1, -0.05) is 29.8 Å². The van der Waals surface area contributed by atoms with Gasteiger partial charge >= 0.3 is 6.09 Å². The molecule has 3 aromatic rings. The van der Waals surface area contributed by atoms with E-state index in [0.29, 0.717) is 30.5 Å². The van der Waals surface area contributed by atoms with Gasteiger partial charge in [0.1, 0.15) is 12.4 Å². The zero-order valence-electron chi connectivity index (χ0n) is 18.2. The first-order valence-corrected chi connectivity index (χ1v) is 10.0. The van der Waals surface area contributed by atoms with E-state index in [0.717, 1.165) is 16.7 Å². The summed E-state index contributed by atoms with van der Waals surface area (Å²) in [7, 11) is 1.58. The maximum atomic E-state index is 12.3. The fourth-order valence-corrected chi connectivity index (χ4v) is 3.00. The van der Waals surface area contributed by atoms with Gasteiger partial charge in [-0.3, -0.25) is 0 Å². The highest BCUT2D eigenvalue weighted by molar-refractivity contribution is 5.74. The van der Waals surface area contributed by atoms with E-state index in [1.165, 1.54) is 0 Å². The summed E-state index contributed by atoms with van der Waals surface area (Å²) in [4.78, 5) is 12.3. The zero-order chi connectivity index (χ0) is 22.2. The van der Waals surface area contributed by atoms with Crippen molar-refractivity contribution in [3.8, 4) is 22.6 Å². The molecule has 31 heavy (non-hydrogen) atoms. The van der Waals surface area contributed by atoms with Crippen LogP contribution in [0.15, 0.2) is 42.5 Å². The van der Waals surface area contributed by atoms with E-state index in [1.54, 1.807) is 23.9 Å². The smallest absolute Gasteiger partial charge is 0.410 e. The van der Waals surface area contributed by atoms with Gasteiger partial charge in [-0.2, -0.15) is 4.68 Å². The first-order chi connectivity index (χ1) is 15.0. The molecule has 1 unspecified atom stereocenters. The molecule has 0 aliphatic carbocycles. The Bertz CT molecular complexity index is 1000. The summed E-state index contributed by atoms with van der Waals surface area (Å²) in [6, 6.07) is 13.4. The lowest BCUT2D eigenvalue weighted by Crippen LogP contribution is -2.37. The molecular formula is C22H27N5O4. The minimum absolute atomic E-state index is 0.186. The van der Waals surface area contributed by atoms with Crippen molar-refractivity contribution < 1.29 is 19.0 Å². The average Bonchev–Trinajstić information content (AvgIpc) is 3.21. The summed E-state index contributed by atoms with van der Waals surface area (Å²) in [5, 5.41) is 14.6. The highest BCUT2D eigenvalue weighted by Gasteiger charge is 2.15. The molecule has 0 aliphatic rings. The Balaban J connectivity index is 1.96. The Hall–Kier alpha value is -3.30. The molecule has 9 nitrogen and oxygen atoms in total. The number of nitrogens with zero attached hydrogens (tertiary/aromatic N) is 4. The molecule has 3 rings (SSSR count). The summed E-state index contributed by atoms with van der Waals surface area (Å²) >= 11 is 0. The van der Waals surface area contributed by atoms with Gasteiger partial charge in [-0.05, 0) is 54.5 Å². The Morgan fingerprint density at radius 3 is 2.65 bits per heavy atom. The molecule has 0 saturated carbocycles. The number of methoxy groups -OCH3 is 1. The number of tetrazole rings is 1. The predicted octanol–water partition coefficient (Wildman–Crippen LogP) is 3.30. The molecule has 0 radical (unpaired) electrons. The second-order valence-corrected chi connectivity index (χ2v) is 7.12. The topological polar surface area (TPSA) is 100 Å². The summed E-state index contributed by atoms with van der Waals surface area (Å²) in [5.41, 5.74) is 3.65. The minimum Gasteiger partial charge on any atom is -0.410 e. The lowest BCUT2D eigenvalue weighted by Gasteiger charge is -2.14. The summed E-state index contributed by atoms with van der Waals surface area (Å²) < 4.78 is 17.6. The largest absolute Gasteiger partial charge is 0.412 e. The number of ether oxygens (including phenoxy) is 3. The molecule has 1 atom stereocenters. The Labute approximate surface area is 181 Å². The highest BCUT2D eigenvalue weighted by atomic mass is 16.6. The van der Waals surface area contributed by atoms with E-state index in [9.17, 15) is 4.79 Å². The molecule has 164 valence electrons. The second-order valence-electron chi connectivity index (χ2n) is 7.12. The van der Waals surface area contributed by atoms with Crippen LogP contribution in [0.1, 0.15) is 25.2 Å². The van der Waals surface area contributed by atoms with Crippen molar-refractivity contribution >= 4 is 6.09 Å². The van der Waals surface area contributed by atoms with Gasteiger partial charge in [0.05, 0.1) is 18.3 Å². The average molecular weight is 425 g/mol. The molecule has 0 aliphatic heterocycles. The van der Waals surface area contributed by atoms with Gasteiger partial charge in [0.25, 0.3) is 0 Å². The molecule has 0 fully saturated rings. The number of aromatic nitrogens is 4. The van der Waals surface area contributed by atoms with Crippen LogP contribution in [0.2, 0.25) is 0 Å². The molecule has 1 amide bonds. The molecule has 1 aromatic heterocycles. The van der Waals surface area contributed by atoms with Crippen LogP contribution in [0.5, 0.6) is 5.75 Å². The molecule has 1 heterocycles. The van der Waals surface area contributed by atoms with Crippen LogP contribution in [-0.4, -0.2) is 52.7 Å². The van der Waals surface area contributed by atoms with Crippen molar-refractivity contribution in [2.24, 2.45) is 0 Å². The van der Waals surface area contributed by atoms with Crippen molar-refractivity contribution in [2.75, 3.05) is 20.3 Å². The van der Waals surface area contributed by atoms with E-state index in [1.807, 2.05) is 51.1 Å². The van der Waals surface area contributed by atoms with Crippen LogP contribution in [0.4, 0.5) is 4.79 Å². The molecular weight excluding hydrogens is 398 g/mol. The van der Waals surface area contributed by atoms with E-state index in [2.05, 4.69) is 20.8 Å². The Kier molecular flexibility index (Phi) is 7.69. The van der Waals surface area contributed by atoms with Crippen LogP contribution in [0.3, 0.4) is 0 Å². The maximum absolute atomic E-state index is 12.3. The molecule has 0 spiro atoms. The molecule has 0 bridgehead atoms. The maximum Gasteiger partial charge on any atom is 0.412 e. The van der Waals surface area contributed by atoms with E-state index < -0.39 is 6.09 Å². The van der Waals surface area contributed by atoms with Gasteiger partial charge in [0.15, 0.2) is 5.82 Å². The molecule has 0 saturated heterocycles. The second kappa shape index (κ2) is 10.6. The third kappa shape index (κ3) is 6.09. The number of carbonyl (C=O) groups is 1. The van der Waals surface area contributed by atoms with Crippen molar-refractivity contribution in [3.63, 3.8) is 0 Å². The number of nitrogens with one attached hydrogen (secondary N) is 1. The first kappa shape index (κ1) is 22.4. The van der Waals surface area contributed by atoms with E-state index >= 15 is 0 Å². The molecule has 1 N–H and O–H groups in total. The highest BCUT2D eigenvalue weighted by Crippen LogP contribution is 2.28. The van der Waals surface area contributed by atoms with Crippen LogP contribution >= 0.6 is 0 Å². The first-order valence-electron chi connectivity index (χ1n) is 10.0. The standard InChI is InChI=1S/C22H27N5O4/c1-5-30-14-21-24-25-26-27(21)19-10-18(17-8-6-15(2)7-9-17)11-20(12-19)31-22(28)23-16(3)13-29-4/h6-12,16H,5,13-14H2,1-4H3,(H,23,28). The predicted molar refractivity (Wildman–Crippen MR) is 115 cm³/mol. The molecule has 2 aromatic carbocycles. The minimum atomic E-state index is -0.567. The van der Waals surface area contributed by atoms with Crippen LogP contribution in [-0.2, 0) is 16.1 Å². The molecule has 9 heteroatoms. The SMILES string of the molecule is CCOCc1nnnn1-c1cc(OC(=O)NC(C)COC)cc(-c2ccc(C)cc2)c1. The quantitative estimate of drug-likeness (QED) is 0.561. The lowest BCUT2D eigenvalue weighted by molar-refractivity contribution is 0.126. The van der Waals surface area contributed by atoms with Crippen LogP contribution < -0.4 is 10.1 Å². The zero-order valence-corrected chi connectivity index (χ0v) is 18.2. The van der Waals surface area contributed by atoms with Gasteiger partial charge in [-0.15, -0.1) is 5.10 Å². The van der Waals surface area contributed by atoms with Crippen molar-refractivity contribution in [1.29, 1.82) is 0 Å². The number of aryl methyl sites for hydroxylation is 1. The number of hydrogen-bond donors (Lipinski definition) is 1. The Morgan fingerprint density at radius 1 is 1.16 bits per heavy atom. The van der Waals surface area contributed by atoms with Crippen molar-refractivity contribution in [3.05, 3.63) is 53.9 Å². The lowest BCUT2D eigenvalue weighted by atomic mass is 10.0. The number of carbonyl (C=O) groups excluding carboxylic acids is 1.